The summed E-state index contributed by atoms with van der Waals surface area (Å²) in [6.07, 6.45) is 0. The van der Waals surface area contributed by atoms with E-state index in [9.17, 15) is 0 Å². The van der Waals surface area contributed by atoms with Gasteiger partial charge in [-0.25, -0.2) is 0 Å². The van der Waals surface area contributed by atoms with Crippen LogP contribution >= 0.6 is 43.6 Å². The Morgan fingerprint density at radius 1 is 1.50 bits per heavy atom. The number of hydrogen-bond acceptors (Lipinski definition) is 0. The van der Waals surface area contributed by atoms with Crippen molar-refractivity contribution in [1.29, 1.82) is 0 Å². The highest BCUT2D eigenvalue weighted by Crippen LogP contribution is 2.24. The first-order valence-corrected chi connectivity index (χ1v) is 10.9. The molecule has 0 aliphatic carbocycles. The molecule has 0 aromatic heterocycles. The molecule has 0 saturated heterocycles. The van der Waals surface area contributed by atoms with Gasteiger partial charge in [-0.3, -0.25) is 0 Å². The fourth-order valence-corrected chi connectivity index (χ4v) is 0. The second-order valence-corrected chi connectivity index (χ2v) is 24.7. The summed E-state index contributed by atoms with van der Waals surface area (Å²) in [4.78, 5) is 0. The first-order valence-electron chi connectivity index (χ1n) is 1.94. The van der Waals surface area contributed by atoms with Crippen molar-refractivity contribution >= 4 is 46.7 Å². The number of rotatable bonds is 1. The van der Waals surface area contributed by atoms with Gasteiger partial charge in [0.05, 0.1) is 0 Å². The Hall–Kier alpha value is 1.68. The van der Waals surface area contributed by atoms with Gasteiger partial charge in [-0.15, -0.1) is 43.6 Å². The predicted octanol–water partition coefficient (Wildman–Crippen LogP) is 2.95. The monoisotopic (exact) mass is 326 g/mol. The van der Waals surface area contributed by atoms with Gasteiger partial charge in [0.1, 0.15) is 0 Å². The molecule has 0 atom stereocenters. The van der Waals surface area contributed by atoms with E-state index in [-0.39, 0.29) is 0 Å². The normalized spacial score (nSPS) is 12.0. The molecule has 0 heterocycles. The van der Waals surface area contributed by atoms with Gasteiger partial charge in [0.2, 0.25) is 0 Å². The van der Waals surface area contributed by atoms with Crippen LogP contribution in [0.4, 0.5) is 0 Å². The van der Waals surface area contributed by atoms with Gasteiger partial charge in [-0.05, 0) is 6.04 Å². The van der Waals surface area contributed by atoms with Crippen LogP contribution in [0.25, 0.3) is 0 Å². The molecule has 0 aliphatic heterocycles. The zero-order valence-electron chi connectivity index (χ0n) is 3.96. The minimum atomic E-state index is -0.691. The molecule has 0 spiro atoms. The molecule has 3 heteroatoms. The minimum Gasteiger partial charge on any atom is -0.105 e. The van der Waals surface area contributed by atoms with Crippen molar-refractivity contribution in [1.82, 2.24) is 0 Å². The van der Waals surface area contributed by atoms with Gasteiger partial charge in [-0.2, -0.15) is 0 Å². The van der Waals surface area contributed by atoms with E-state index in [1.54, 1.807) is 0 Å². The zero-order valence-corrected chi connectivity index (χ0v) is 9.28. The Kier molecular flexibility index (Phi) is 3.66. The fourth-order valence-electron chi connectivity index (χ4n) is 0. The summed E-state index contributed by atoms with van der Waals surface area (Å²) in [5.41, 5.74) is 0. The molecule has 0 aromatic rings. The lowest BCUT2D eigenvalue weighted by molar-refractivity contribution is 1.45. The maximum Gasteiger partial charge on any atom is 0.188 e. The van der Waals surface area contributed by atoms with E-state index in [4.69, 9.17) is 0 Å². The van der Waals surface area contributed by atoms with Crippen LogP contribution in [0.2, 0.25) is 12.6 Å². The summed E-state index contributed by atoms with van der Waals surface area (Å²) in [5.74, 6) is 0. The molecule has 0 N–H and O–H groups in total. The Morgan fingerprint density at radius 2 is 1.67 bits per heavy atom. The molecule has 0 bridgehead atoms. The van der Waals surface area contributed by atoms with Crippen molar-refractivity contribution in [3.63, 3.8) is 0 Å². The highest BCUT2D eigenvalue weighted by atomic mass is 127. The molecule has 0 saturated carbocycles. The van der Waals surface area contributed by atoms with E-state index in [1.807, 2.05) is 0 Å². The second-order valence-electron chi connectivity index (χ2n) is 1.42. The van der Waals surface area contributed by atoms with Crippen molar-refractivity contribution in [2.75, 3.05) is 0 Å². The zero-order chi connectivity index (χ0) is 5.21. The van der Waals surface area contributed by atoms with E-state index < -0.39 is 3.07 Å². The molecule has 0 nitrogen and oxygen atoms in total. The smallest absolute Gasteiger partial charge is 0.105 e. The van der Waals surface area contributed by atoms with Gasteiger partial charge in [0, 0.05) is 0 Å². The van der Waals surface area contributed by atoms with Crippen LogP contribution < -0.4 is 0 Å². The lowest BCUT2D eigenvalue weighted by atomic mass is 11.0. The Morgan fingerprint density at radius 3 is 1.67 bits per heavy atom. The Labute approximate surface area is 65.5 Å². The van der Waals surface area contributed by atoms with E-state index in [0.29, 0.717) is 0 Å². The van der Waals surface area contributed by atoms with Crippen molar-refractivity contribution < 1.29 is 0 Å². The molecular weight excluding hydrogens is 318 g/mol. The van der Waals surface area contributed by atoms with Crippen LogP contribution in [0, 0.1) is 0 Å². The van der Waals surface area contributed by atoms with Gasteiger partial charge in [-0.1, -0.05) is 13.5 Å². The third-order valence-corrected chi connectivity index (χ3v) is 6.44. The van der Waals surface area contributed by atoms with Gasteiger partial charge in [0.15, 0.2) is 3.07 Å². The fraction of sp³-hybridized carbons (Fsp3) is 1.00. The molecule has 0 fully saturated rings. The van der Waals surface area contributed by atoms with Crippen molar-refractivity contribution in [2.24, 2.45) is 0 Å². The largest absolute Gasteiger partial charge is 0.188 e. The van der Waals surface area contributed by atoms with Crippen molar-refractivity contribution in [3.8, 4) is 0 Å². The average molecular weight is 326 g/mol. The summed E-state index contributed by atoms with van der Waals surface area (Å²) < 4.78 is -0.691. The summed E-state index contributed by atoms with van der Waals surface area (Å²) in [7, 11) is 0. The van der Waals surface area contributed by atoms with Gasteiger partial charge >= 0.3 is 0 Å². The summed E-state index contributed by atoms with van der Waals surface area (Å²) in [5, 5.41) is 0. The number of hydrogen-bond donors (Lipinski definition) is 0. The maximum atomic E-state index is 2.57. The maximum absolute atomic E-state index is 2.57. The lowest BCUT2D eigenvalue weighted by Gasteiger charge is -2.03. The quantitative estimate of drug-likeness (QED) is 0.395. The summed E-state index contributed by atoms with van der Waals surface area (Å²) >= 11 is 5.13. The molecule has 0 rings (SSSR count). The van der Waals surface area contributed by atoms with E-state index in [0.717, 1.165) is 0 Å². The van der Waals surface area contributed by atoms with Crippen LogP contribution in [-0.4, -0.2) is 3.07 Å². The highest BCUT2D eigenvalue weighted by molar-refractivity contribution is 14.3. The molecule has 38 valence electrons. The molecule has 0 unspecified atom stereocenters. The Bertz CT molecular complexity index is 38.5. The van der Waals surface area contributed by atoms with Crippen LogP contribution in [0.5, 0.6) is 0 Å². The van der Waals surface area contributed by atoms with Crippen molar-refractivity contribution in [2.45, 2.75) is 19.5 Å². The van der Waals surface area contributed by atoms with Crippen molar-refractivity contribution in [3.05, 3.63) is 0 Å². The van der Waals surface area contributed by atoms with Crippen LogP contribution in [0.1, 0.15) is 6.92 Å². The first kappa shape index (κ1) is 7.68. The summed E-state index contributed by atoms with van der Waals surface area (Å²) in [6, 6.07) is 1.38. The first-order chi connectivity index (χ1) is 2.56. The molecular formula is C3H8I2Si. The van der Waals surface area contributed by atoms with Gasteiger partial charge < -0.3 is 0 Å². The molecule has 0 aromatic carbocycles. The lowest BCUT2D eigenvalue weighted by Crippen LogP contribution is -2.05. The van der Waals surface area contributed by atoms with Crippen LogP contribution in [-0.2, 0) is 0 Å². The van der Waals surface area contributed by atoms with Gasteiger partial charge in [0.25, 0.3) is 0 Å². The van der Waals surface area contributed by atoms with E-state index >= 15 is 0 Å². The third-order valence-electron chi connectivity index (χ3n) is 0.621. The highest BCUT2D eigenvalue weighted by Gasteiger charge is 2.13. The SMILES string of the molecule is CC[Si](C)(I)I. The van der Waals surface area contributed by atoms with E-state index in [1.165, 1.54) is 6.04 Å². The van der Waals surface area contributed by atoms with Crippen LogP contribution in [0.3, 0.4) is 0 Å². The second kappa shape index (κ2) is 2.86. The topological polar surface area (TPSA) is 0 Å². The molecule has 0 aliphatic rings. The molecule has 6 heavy (non-hydrogen) atoms. The van der Waals surface area contributed by atoms with Crippen LogP contribution in [0.15, 0.2) is 0 Å². The third kappa shape index (κ3) is 5.68. The minimum absolute atomic E-state index is 0.691. The standard InChI is InChI=1S/C3H8I2Si/c1-3-6(2,4)5/h3H2,1-2H3. The number of halogens is 2. The predicted molar refractivity (Wildman–Crippen MR) is 50.1 cm³/mol. The molecule has 0 radical (unpaired) electrons. The molecule has 0 amide bonds. The Balaban J connectivity index is 3.17. The average Bonchev–Trinajstić information content (AvgIpc) is 1.35. The summed E-state index contributed by atoms with van der Waals surface area (Å²) in [6.45, 7) is 4.61. The van der Waals surface area contributed by atoms with E-state index in [2.05, 4.69) is 57.1 Å².